The second-order valence-electron chi connectivity index (χ2n) is 5.39. The quantitative estimate of drug-likeness (QED) is 0.701. The summed E-state index contributed by atoms with van der Waals surface area (Å²) < 4.78 is 0. The van der Waals surface area contributed by atoms with E-state index in [9.17, 15) is 9.90 Å². The zero-order valence-electron chi connectivity index (χ0n) is 13.3. The maximum atomic E-state index is 12.0. The highest BCUT2D eigenvalue weighted by atomic mass is 32.2. The van der Waals surface area contributed by atoms with Crippen LogP contribution in [0.4, 0.5) is 10.5 Å². The van der Waals surface area contributed by atoms with Gasteiger partial charge >= 0.3 is 6.03 Å². The Morgan fingerprint density at radius 2 is 1.91 bits per heavy atom. The fourth-order valence-corrected chi connectivity index (χ4v) is 2.76. The van der Waals surface area contributed by atoms with Gasteiger partial charge in [0.05, 0.1) is 6.10 Å². The van der Waals surface area contributed by atoms with E-state index in [0.717, 1.165) is 16.1 Å². The molecule has 2 atom stereocenters. The molecule has 0 bridgehead atoms. The SMILES string of the molecule is CSc1cccc(NC(=O)NC(C)CC(O)c2ccccc2)c1. The molecule has 0 radical (unpaired) electrons. The number of anilines is 1. The molecule has 0 saturated carbocycles. The molecule has 2 rings (SSSR count). The van der Waals surface area contributed by atoms with Crippen LogP contribution in [0.15, 0.2) is 59.5 Å². The lowest BCUT2D eigenvalue weighted by molar-refractivity contribution is 0.155. The molecule has 5 heteroatoms. The van der Waals surface area contributed by atoms with E-state index in [0.29, 0.717) is 6.42 Å². The molecule has 2 aromatic rings. The monoisotopic (exact) mass is 330 g/mol. The van der Waals surface area contributed by atoms with Crippen LogP contribution in [0.3, 0.4) is 0 Å². The lowest BCUT2D eigenvalue weighted by atomic mass is 10.0. The van der Waals surface area contributed by atoms with Crippen LogP contribution in [-0.2, 0) is 0 Å². The van der Waals surface area contributed by atoms with E-state index >= 15 is 0 Å². The summed E-state index contributed by atoms with van der Waals surface area (Å²) in [4.78, 5) is 13.1. The number of thioether (sulfide) groups is 1. The Bertz CT molecular complexity index is 634. The van der Waals surface area contributed by atoms with Gasteiger partial charge in [-0.15, -0.1) is 11.8 Å². The fraction of sp³-hybridized carbons (Fsp3) is 0.278. The van der Waals surface area contributed by atoms with Gasteiger partial charge in [-0.25, -0.2) is 4.79 Å². The Kier molecular flexibility index (Phi) is 6.50. The summed E-state index contributed by atoms with van der Waals surface area (Å²) in [6.07, 6.45) is 1.86. The van der Waals surface area contributed by atoms with Gasteiger partial charge in [0.15, 0.2) is 0 Å². The van der Waals surface area contributed by atoms with E-state index in [2.05, 4.69) is 10.6 Å². The second kappa shape index (κ2) is 8.60. The van der Waals surface area contributed by atoms with Crippen molar-refractivity contribution in [2.24, 2.45) is 0 Å². The number of benzene rings is 2. The molecular weight excluding hydrogens is 308 g/mol. The number of aliphatic hydroxyl groups is 1. The van der Waals surface area contributed by atoms with Gasteiger partial charge in [-0.2, -0.15) is 0 Å². The molecule has 2 unspecified atom stereocenters. The van der Waals surface area contributed by atoms with Gasteiger partial charge < -0.3 is 15.7 Å². The van der Waals surface area contributed by atoms with Gasteiger partial charge in [0.2, 0.25) is 0 Å². The maximum absolute atomic E-state index is 12.0. The number of aliphatic hydroxyl groups excluding tert-OH is 1. The average molecular weight is 330 g/mol. The van der Waals surface area contributed by atoms with E-state index in [1.54, 1.807) is 11.8 Å². The summed E-state index contributed by atoms with van der Waals surface area (Å²) in [6, 6.07) is 16.7. The Labute approximate surface area is 141 Å². The number of hydrogen-bond donors (Lipinski definition) is 3. The molecule has 0 aromatic heterocycles. The molecule has 0 spiro atoms. The molecule has 0 aliphatic heterocycles. The first-order valence-electron chi connectivity index (χ1n) is 7.53. The molecule has 0 saturated heterocycles. The highest BCUT2D eigenvalue weighted by Crippen LogP contribution is 2.20. The molecule has 122 valence electrons. The van der Waals surface area contributed by atoms with Gasteiger partial charge in [-0.3, -0.25) is 0 Å². The van der Waals surface area contributed by atoms with Gasteiger partial charge in [-0.05, 0) is 43.4 Å². The molecule has 0 aliphatic carbocycles. The summed E-state index contributed by atoms with van der Waals surface area (Å²) >= 11 is 1.63. The zero-order valence-corrected chi connectivity index (χ0v) is 14.1. The molecule has 2 amide bonds. The Morgan fingerprint density at radius 3 is 2.61 bits per heavy atom. The fourth-order valence-electron chi connectivity index (χ4n) is 2.30. The Morgan fingerprint density at radius 1 is 1.17 bits per heavy atom. The minimum atomic E-state index is -0.591. The largest absolute Gasteiger partial charge is 0.388 e. The van der Waals surface area contributed by atoms with Crippen LogP contribution in [0.2, 0.25) is 0 Å². The van der Waals surface area contributed by atoms with Crippen molar-refractivity contribution >= 4 is 23.5 Å². The highest BCUT2D eigenvalue weighted by Gasteiger charge is 2.14. The van der Waals surface area contributed by atoms with Crippen LogP contribution in [0.25, 0.3) is 0 Å². The minimum Gasteiger partial charge on any atom is -0.388 e. The summed E-state index contributed by atoms with van der Waals surface area (Å²) in [5.74, 6) is 0. The van der Waals surface area contributed by atoms with Gasteiger partial charge in [-0.1, -0.05) is 36.4 Å². The topological polar surface area (TPSA) is 61.4 Å². The Balaban J connectivity index is 1.84. The molecule has 0 aliphatic rings. The van der Waals surface area contributed by atoms with E-state index in [1.807, 2.05) is 67.8 Å². The lowest BCUT2D eigenvalue weighted by Gasteiger charge is -2.18. The van der Waals surface area contributed by atoms with Crippen molar-refractivity contribution < 1.29 is 9.90 Å². The normalized spacial score (nSPS) is 13.2. The van der Waals surface area contributed by atoms with Gasteiger partial charge in [0, 0.05) is 16.6 Å². The number of rotatable bonds is 6. The number of amides is 2. The zero-order chi connectivity index (χ0) is 16.7. The van der Waals surface area contributed by atoms with Gasteiger partial charge in [0.1, 0.15) is 0 Å². The number of nitrogens with one attached hydrogen (secondary N) is 2. The van der Waals surface area contributed by atoms with E-state index in [4.69, 9.17) is 0 Å². The molecular formula is C18H22N2O2S. The van der Waals surface area contributed by atoms with Gasteiger partial charge in [0.25, 0.3) is 0 Å². The molecule has 2 aromatic carbocycles. The summed E-state index contributed by atoms with van der Waals surface area (Å²) in [6.45, 7) is 1.88. The first kappa shape index (κ1) is 17.4. The van der Waals surface area contributed by atoms with Crippen molar-refractivity contribution in [3.05, 3.63) is 60.2 Å². The van der Waals surface area contributed by atoms with Crippen molar-refractivity contribution in [1.29, 1.82) is 0 Å². The number of carbonyl (C=O) groups excluding carboxylic acids is 1. The molecule has 0 fully saturated rings. The molecule has 3 N–H and O–H groups in total. The standard InChI is InChI=1S/C18H22N2O2S/c1-13(11-17(21)14-7-4-3-5-8-14)19-18(22)20-15-9-6-10-16(12-15)23-2/h3-10,12-13,17,21H,11H2,1-2H3,(H2,19,20,22). The van der Waals surface area contributed by atoms with Crippen LogP contribution < -0.4 is 10.6 Å². The smallest absolute Gasteiger partial charge is 0.319 e. The lowest BCUT2D eigenvalue weighted by Crippen LogP contribution is -2.37. The average Bonchev–Trinajstić information content (AvgIpc) is 2.55. The van der Waals surface area contributed by atoms with E-state index in [-0.39, 0.29) is 12.1 Å². The predicted molar refractivity (Wildman–Crippen MR) is 95.9 cm³/mol. The molecule has 23 heavy (non-hydrogen) atoms. The van der Waals surface area contributed by atoms with Crippen molar-refractivity contribution in [2.75, 3.05) is 11.6 Å². The number of hydrogen-bond acceptors (Lipinski definition) is 3. The van der Waals surface area contributed by atoms with Crippen molar-refractivity contribution in [3.8, 4) is 0 Å². The van der Waals surface area contributed by atoms with Crippen molar-refractivity contribution in [2.45, 2.75) is 30.4 Å². The van der Waals surface area contributed by atoms with Crippen molar-refractivity contribution in [3.63, 3.8) is 0 Å². The predicted octanol–water partition coefficient (Wildman–Crippen LogP) is 4.04. The number of urea groups is 1. The van der Waals surface area contributed by atoms with Crippen LogP contribution >= 0.6 is 11.8 Å². The molecule has 4 nitrogen and oxygen atoms in total. The van der Waals surface area contributed by atoms with Crippen molar-refractivity contribution in [1.82, 2.24) is 5.32 Å². The highest BCUT2D eigenvalue weighted by molar-refractivity contribution is 7.98. The van der Waals surface area contributed by atoms with Crippen LogP contribution in [0.5, 0.6) is 0 Å². The minimum absolute atomic E-state index is 0.145. The third-order valence-electron chi connectivity index (χ3n) is 3.47. The van der Waals surface area contributed by atoms with Crippen LogP contribution in [0, 0.1) is 0 Å². The van der Waals surface area contributed by atoms with Crippen LogP contribution in [-0.4, -0.2) is 23.4 Å². The first-order valence-corrected chi connectivity index (χ1v) is 8.75. The summed E-state index contributed by atoms with van der Waals surface area (Å²) in [5, 5.41) is 15.9. The molecule has 0 heterocycles. The van der Waals surface area contributed by atoms with E-state index < -0.39 is 6.10 Å². The second-order valence-corrected chi connectivity index (χ2v) is 6.27. The Hall–Kier alpha value is -1.98. The summed E-state index contributed by atoms with van der Waals surface area (Å²) in [7, 11) is 0. The third-order valence-corrected chi connectivity index (χ3v) is 4.19. The third kappa shape index (κ3) is 5.62. The van der Waals surface area contributed by atoms with Crippen LogP contribution in [0.1, 0.15) is 25.0 Å². The maximum Gasteiger partial charge on any atom is 0.319 e. The summed E-state index contributed by atoms with van der Waals surface area (Å²) in [5.41, 5.74) is 1.61. The number of carbonyl (C=O) groups is 1. The first-order chi connectivity index (χ1) is 11.1. The van der Waals surface area contributed by atoms with E-state index in [1.165, 1.54) is 0 Å².